The molecule has 0 aliphatic carbocycles. The molecule has 33 heavy (non-hydrogen) atoms. The number of alkyl carbamates (subject to hydrolysis) is 1. The lowest BCUT2D eigenvalue weighted by atomic mass is 9.77. The van der Waals surface area contributed by atoms with Crippen LogP contribution in [0.15, 0.2) is 54.0 Å². The molecule has 1 aliphatic rings. The van der Waals surface area contributed by atoms with Crippen LogP contribution in [-0.4, -0.2) is 43.5 Å². The number of carbonyl (C=O) groups excluding carboxylic acids is 3. The quantitative estimate of drug-likeness (QED) is 0.479. The number of carbonyl (C=O) groups is 3. The molecular weight excluding hydrogens is 421 g/mol. The molecule has 0 saturated carbocycles. The summed E-state index contributed by atoms with van der Waals surface area (Å²) in [6.07, 6.45) is 2.52. The Morgan fingerprint density at radius 2 is 1.48 bits per heavy atom. The second kappa shape index (κ2) is 10.1. The van der Waals surface area contributed by atoms with E-state index in [1.165, 1.54) is 6.07 Å². The van der Waals surface area contributed by atoms with Crippen molar-refractivity contribution in [3.05, 3.63) is 76.3 Å². The van der Waals surface area contributed by atoms with Gasteiger partial charge in [-0.05, 0) is 62.5 Å². The van der Waals surface area contributed by atoms with Gasteiger partial charge in [-0.3, -0.25) is 9.59 Å². The van der Waals surface area contributed by atoms with Gasteiger partial charge in [0.05, 0.1) is 11.2 Å². The Labute approximate surface area is 194 Å². The molecular formula is C25H28BNO6. The van der Waals surface area contributed by atoms with Crippen LogP contribution in [0.5, 0.6) is 0 Å². The highest BCUT2D eigenvalue weighted by atomic mass is 16.7. The number of ether oxygens (including phenoxy) is 1. The predicted molar refractivity (Wildman–Crippen MR) is 126 cm³/mol. The fraction of sp³-hybridized carbons (Fsp3) is 0.320. The number of nitrogens with one attached hydrogen (secondary N) is 1. The molecule has 0 bridgehead atoms. The maximum atomic E-state index is 12.3. The molecule has 1 N–H and O–H groups in total. The van der Waals surface area contributed by atoms with Gasteiger partial charge in [0.15, 0.2) is 0 Å². The molecule has 0 unspecified atom stereocenters. The van der Waals surface area contributed by atoms with Gasteiger partial charge < -0.3 is 19.4 Å². The summed E-state index contributed by atoms with van der Waals surface area (Å²) in [5.41, 5.74) is 1.69. The van der Waals surface area contributed by atoms with Crippen LogP contribution in [0.2, 0.25) is 0 Å². The zero-order chi connectivity index (χ0) is 24.1. The third kappa shape index (κ3) is 6.18. The molecule has 0 spiro atoms. The Morgan fingerprint density at radius 1 is 0.939 bits per heavy atom. The highest BCUT2D eigenvalue weighted by molar-refractivity contribution is 6.56. The molecule has 172 valence electrons. The molecule has 2 aromatic carbocycles. The molecule has 1 amide bonds. The Bertz CT molecular complexity index is 1010. The van der Waals surface area contributed by atoms with Crippen LogP contribution in [-0.2, 0) is 20.7 Å². The maximum absolute atomic E-state index is 12.3. The summed E-state index contributed by atoms with van der Waals surface area (Å²) in [6.45, 7) is 7.97. The topological polar surface area (TPSA) is 90.9 Å². The van der Waals surface area contributed by atoms with Crippen LogP contribution < -0.4 is 5.32 Å². The molecule has 1 fully saturated rings. The highest BCUT2D eigenvalue weighted by Gasteiger charge is 2.52. The molecule has 3 rings (SSSR count). The second-order valence-corrected chi connectivity index (χ2v) is 8.89. The highest BCUT2D eigenvalue weighted by Crippen LogP contribution is 2.38. The average molecular weight is 449 g/mol. The van der Waals surface area contributed by atoms with E-state index in [2.05, 4.69) is 5.32 Å². The van der Waals surface area contributed by atoms with Crippen molar-refractivity contribution >= 4 is 31.9 Å². The summed E-state index contributed by atoms with van der Waals surface area (Å²) in [7, 11) is -0.732. The largest absolute Gasteiger partial charge is 0.492 e. The van der Waals surface area contributed by atoms with Gasteiger partial charge in [-0.2, -0.15) is 0 Å². The van der Waals surface area contributed by atoms with E-state index in [4.69, 9.17) is 14.0 Å². The maximum Gasteiger partial charge on any atom is 0.492 e. The van der Waals surface area contributed by atoms with Crippen LogP contribution in [0.3, 0.4) is 0 Å². The summed E-state index contributed by atoms with van der Waals surface area (Å²) >= 11 is 0. The van der Waals surface area contributed by atoms with Gasteiger partial charge in [-0.25, -0.2) is 4.79 Å². The predicted octanol–water partition coefficient (Wildman–Crippen LogP) is 4.25. The lowest BCUT2D eigenvalue weighted by Crippen LogP contribution is -2.41. The summed E-state index contributed by atoms with van der Waals surface area (Å²) in [6, 6.07) is 14.2. The van der Waals surface area contributed by atoms with E-state index in [-0.39, 0.29) is 13.2 Å². The number of aldehydes is 2. The third-order valence-corrected chi connectivity index (χ3v) is 5.83. The SMILES string of the molecule is CC1(C)OB(C(=Cc2cc(C=O)cc(C=O)c2)CNC(=O)OCc2ccccc2)OC1(C)C. The first-order chi connectivity index (χ1) is 15.6. The molecule has 1 heterocycles. The summed E-state index contributed by atoms with van der Waals surface area (Å²) in [5, 5.41) is 2.73. The van der Waals surface area contributed by atoms with Crippen molar-refractivity contribution in [1.29, 1.82) is 0 Å². The minimum Gasteiger partial charge on any atom is -0.445 e. The van der Waals surface area contributed by atoms with E-state index >= 15 is 0 Å². The minimum atomic E-state index is -0.732. The van der Waals surface area contributed by atoms with Gasteiger partial charge in [0.1, 0.15) is 19.2 Å². The molecule has 1 saturated heterocycles. The molecule has 0 aromatic heterocycles. The normalized spacial score (nSPS) is 16.8. The Kier molecular flexibility index (Phi) is 7.51. The molecule has 7 nitrogen and oxygen atoms in total. The van der Waals surface area contributed by atoms with E-state index in [1.807, 2.05) is 58.0 Å². The van der Waals surface area contributed by atoms with E-state index in [1.54, 1.807) is 18.2 Å². The molecule has 2 aromatic rings. The first kappa shape index (κ1) is 24.4. The van der Waals surface area contributed by atoms with Crippen LogP contribution in [0, 0.1) is 0 Å². The van der Waals surface area contributed by atoms with Crippen LogP contribution >= 0.6 is 0 Å². The second-order valence-electron chi connectivity index (χ2n) is 8.89. The Balaban J connectivity index is 1.80. The van der Waals surface area contributed by atoms with Crippen molar-refractivity contribution in [2.45, 2.75) is 45.5 Å². The van der Waals surface area contributed by atoms with Crippen molar-refractivity contribution < 1.29 is 28.4 Å². The average Bonchev–Trinajstić information content (AvgIpc) is 3.02. The molecule has 0 atom stereocenters. The number of benzene rings is 2. The van der Waals surface area contributed by atoms with E-state index in [0.717, 1.165) is 5.56 Å². The van der Waals surface area contributed by atoms with E-state index in [9.17, 15) is 14.4 Å². The zero-order valence-electron chi connectivity index (χ0n) is 19.3. The van der Waals surface area contributed by atoms with E-state index < -0.39 is 24.4 Å². The van der Waals surface area contributed by atoms with Crippen molar-refractivity contribution in [1.82, 2.24) is 5.32 Å². The number of rotatable bonds is 8. The third-order valence-electron chi connectivity index (χ3n) is 5.83. The zero-order valence-corrected chi connectivity index (χ0v) is 19.3. The monoisotopic (exact) mass is 449 g/mol. The first-order valence-corrected chi connectivity index (χ1v) is 10.7. The minimum absolute atomic E-state index is 0.0895. The van der Waals surface area contributed by atoms with Gasteiger partial charge in [-0.1, -0.05) is 36.4 Å². The fourth-order valence-corrected chi connectivity index (χ4v) is 3.28. The lowest BCUT2D eigenvalue weighted by Gasteiger charge is -2.32. The molecule has 1 aliphatic heterocycles. The Morgan fingerprint density at radius 3 is 2.03 bits per heavy atom. The molecule has 8 heteroatoms. The van der Waals surface area contributed by atoms with Gasteiger partial charge in [-0.15, -0.1) is 0 Å². The molecule has 0 radical (unpaired) electrons. The van der Waals surface area contributed by atoms with Gasteiger partial charge in [0.2, 0.25) is 0 Å². The smallest absolute Gasteiger partial charge is 0.445 e. The lowest BCUT2D eigenvalue weighted by molar-refractivity contribution is 0.00578. The van der Waals surface area contributed by atoms with Gasteiger partial charge in [0, 0.05) is 17.7 Å². The van der Waals surface area contributed by atoms with Crippen molar-refractivity contribution in [3.63, 3.8) is 0 Å². The summed E-state index contributed by atoms with van der Waals surface area (Å²) in [5.74, 6) is 0. The van der Waals surface area contributed by atoms with Gasteiger partial charge >= 0.3 is 13.2 Å². The van der Waals surface area contributed by atoms with Crippen LogP contribution in [0.1, 0.15) is 59.5 Å². The number of amides is 1. The standard InChI is InChI=1S/C25H28BNO6/c1-24(2)25(3,4)33-26(32-24)22(13-19-10-20(15-28)12-21(11-19)16-29)14-27-23(30)31-17-18-8-6-5-7-9-18/h5-13,15-16H,14,17H2,1-4H3,(H,27,30). The van der Waals surface area contributed by atoms with Crippen LogP contribution in [0.4, 0.5) is 4.79 Å². The summed E-state index contributed by atoms with van der Waals surface area (Å²) < 4.78 is 17.6. The van der Waals surface area contributed by atoms with Crippen molar-refractivity contribution in [2.24, 2.45) is 0 Å². The summed E-state index contributed by atoms with van der Waals surface area (Å²) in [4.78, 5) is 34.9. The van der Waals surface area contributed by atoms with Crippen LogP contribution in [0.25, 0.3) is 6.08 Å². The Hall–Kier alpha value is -3.23. The van der Waals surface area contributed by atoms with Gasteiger partial charge in [0.25, 0.3) is 0 Å². The fourth-order valence-electron chi connectivity index (χ4n) is 3.28. The number of hydrogen-bond donors (Lipinski definition) is 1. The van der Waals surface area contributed by atoms with Crippen molar-refractivity contribution in [2.75, 3.05) is 6.54 Å². The van der Waals surface area contributed by atoms with E-state index in [0.29, 0.717) is 34.7 Å². The first-order valence-electron chi connectivity index (χ1n) is 10.7. The number of hydrogen-bond acceptors (Lipinski definition) is 6. The van der Waals surface area contributed by atoms with Crippen molar-refractivity contribution in [3.8, 4) is 0 Å².